The summed E-state index contributed by atoms with van der Waals surface area (Å²) in [6, 6.07) is 5.66. The van der Waals surface area contributed by atoms with Gasteiger partial charge in [-0.3, -0.25) is 14.3 Å². The first kappa shape index (κ1) is 19.1. The Labute approximate surface area is 160 Å². The number of amides is 1. The summed E-state index contributed by atoms with van der Waals surface area (Å²) >= 11 is 0. The summed E-state index contributed by atoms with van der Waals surface area (Å²) in [7, 11) is 1.64. The number of carbonyl (C=O) groups is 2. The second-order valence-electron chi connectivity index (χ2n) is 7.34. The summed E-state index contributed by atoms with van der Waals surface area (Å²) in [6.45, 7) is 7.19. The third-order valence-electron chi connectivity index (χ3n) is 5.17. The van der Waals surface area contributed by atoms with Crippen molar-refractivity contribution in [2.45, 2.75) is 40.2 Å². The zero-order valence-electron chi connectivity index (χ0n) is 16.5. The second-order valence-corrected chi connectivity index (χ2v) is 7.34. The highest BCUT2D eigenvalue weighted by Gasteiger charge is 2.29. The number of hydrogen-bond acceptors (Lipinski definition) is 4. The minimum Gasteiger partial charge on any atom is -0.496 e. The molecule has 0 bridgehead atoms. The number of carbonyl (C=O) groups excluding carboxylic acids is 2. The van der Waals surface area contributed by atoms with E-state index in [0.29, 0.717) is 18.7 Å². The Bertz CT molecular complexity index is 833. The Kier molecular flexibility index (Phi) is 5.63. The summed E-state index contributed by atoms with van der Waals surface area (Å²) in [5.74, 6) is 0.782. The first-order valence-corrected chi connectivity index (χ1v) is 9.36. The van der Waals surface area contributed by atoms with Crippen LogP contribution in [0.15, 0.2) is 24.4 Å². The summed E-state index contributed by atoms with van der Waals surface area (Å²) in [6.07, 6.45) is 3.46. The summed E-state index contributed by atoms with van der Waals surface area (Å²) < 4.78 is 7.04. The molecule has 0 saturated carbocycles. The molecule has 1 aliphatic heterocycles. The minimum atomic E-state index is -0.158. The van der Waals surface area contributed by atoms with Crippen LogP contribution in [0.5, 0.6) is 5.75 Å². The standard InChI is InChI=1S/C21H27N3O3/c1-14-10-18(11-15(2)21(14)27-4)20(26)17-6-5-8-23(12-17)19(25)13-24-9-7-16(3)22-24/h7,9-11,17H,5-6,8,12-13H2,1-4H3/t17-/m0/s1. The van der Waals surface area contributed by atoms with Crippen molar-refractivity contribution in [1.29, 1.82) is 0 Å². The van der Waals surface area contributed by atoms with E-state index < -0.39 is 0 Å². The van der Waals surface area contributed by atoms with Gasteiger partial charge in [0.1, 0.15) is 12.3 Å². The van der Waals surface area contributed by atoms with E-state index in [1.807, 2.05) is 45.2 Å². The lowest BCUT2D eigenvalue weighted by molar-refractivity contribution is -0.133. The van der Waals surface area contributed by atoms with Gasteiger partial charge in [0.05, 0.1) is 12.8 Å². The maximum atomic E-state index is 13.0. The average molecular weight is 369 g/mol. The van der Waals surface area contributed by atoms with Gasteiger partial charge in [0.15, 0.2) is 5.78 Å². The van der Waals surface area contributed by atoms with Gasteiger partial charge < -0.3 is 9.64 Å². The highest BCUT2D eigenvalue weighted by Crippen LogP contribution is 2.27. The highest BCUT2D eigenvalue weighted by atomic mass is 16.5. The van der Waals surface area contributed by atoms with Crippen LogP contribution >= 0.6 is 0 Å². The van der Waals surface area contributed by atoms with Crippen molar-refractivity contribution in [2.24, 2.45) is 5.92 Å². The predicted octanol–water partition coefficient (Wildman–Crippen LogP) is 2.94. The van der Waals surface area contributed by atoms with Crippen molar-refractivity contribution in [3.05, 3.63) is 46.8 Å². The molecular weight excluding hydrogens is 342 g/mol. The molecule has 1 atom stereocenters. The molecule has 0 unspecified atom stereocenters. The van der Waals surface area contributed by atoms with Crippen LogP contribution in [0.1, 0.15) is 40.0 Å². The zero-order chi connectivity index (χ0) is 19.6. The minimum absolute atomic E-state index is 0.0118. The van der Waals surface area contributed by atoms with Gasteiger partial charge in [-0.05, 0) is 62.9 Å². The number of methoxy groups -OCH3 is 1. The molecule has 2 aromatic rings. The topological polar surface area (TPSA) is 64.4 Å². The fourth-order valence-electron chi connectivity index (χ4n) is 3.86. The Hall–Kier alpha value is -2.63. The fourth-order valence-corrected chi connectivity index (χ4v) is 3.86. The van der Waals surface area contributed by atoms with Gasteiger partial charge in [-0.15, -0.1) is 0 Å². The van der Waals surface area contributed by atoms with Crippen LogP contribution in [0.4, 0.5) is 0 Å². The lowest BCUT2D eigenvalue weighted by Crippen LogP contribution is -2.43. The molecule has 1 aromatic carbocycles. The van der Waals surface area contributed by atoms with E-state index >= 15 is 0 Å². The van der Waals surface area contributed by atoms with E-state index in [0.717, 1.165) is 35.4 Å². The van der Waals surface area contributed by atoms with E-state index in [1.165, 1.54) is 0 Å². The molecule has 0 spiro atoms. The Morgan fingerprint density at radius 3 is 2.52 bits per heavy atom. The molecule has 0 N–H and O–H groups in total. The summed E-state index contributed by atoms with van der Waals surface area (Å²) in [5, 5.41) is 4.27. The van der Waals surface area contributed by atoms with Crippen LogP contribution < -0.4 is 4.74 Å². The van der Waals surface area contributed by atoms with Crippen molar-refractivity contribution in [3.8, 4) is 5.75 Å². The third-order valence-corrected chi connectivity index (χ3v) is 5.17. The molecule has 1 fully saturated rings. The van der Waals surface area contributed by atoms with Gasteiger partial charge in [-0.1, -0.05) is 0 Å². The number of piperidine rings is 1. The van der Waals surface area contributed by atoms with Crippen LogP contribution in [0, 0.1) is 26.7 Å². The smallest absolute Gasteiger partial charge is 0.244 e. The lowest BCUT2D eigenvalue weighted by atomic mass is 9.88. The molecule has 0 radical (unpaired) electrons. The number of ether oxygens (including phenoxy) is 1. The lowest BCUT2D eigenvalue weighted by Gasteiger charge is -2.32. The number of aryl methyl sites for hydroxylation is 3. The third kappa shape index (κ3) is 4.21. The average Bonchev–Trinajstić information content (AvgIpc) is 3.05. The Morgan fingerprint density at radius 1 is 1.22 bits per heavy atom. The molecule has 144 valence electrons. The van der Waals surface area contributed by atoms with Gasteiger partial charge in [0.25, 0.3) is 0 Å². The monoisotopic (exact) mass is 369 g/mol. The second kappa shape index (κ2) is 7.94. The van der Waals surface area contributed by atoms with E-state index in [9.17, 15) is 9.59 Å². The number of benzene rings is 1. The van der Waals surface area contributed by atoms with E-state index in [-0.39, 0.29) is 24.2 Å². The molecule has 1 aromatic heterocycles. The summed E-state index contributed by atoms with van der Waals surface area (Å²) in [5.41, 5.74) is 3.50. The van der Waals surface area contributed by atoms with E-state index in [1.54, 1.807) is 16.7 Å². The highest BCUT2D eigenvalue weighted by molar-refractivity contribution is 5.99. The number of hydrogen-bond donors (Lipinski definition) is 0. The number of aromatic nitrogens is 2. The summed E-state index contributed by atoms with van der Waals surface area (Å²) in [4.78, 5) is 27.4. The Morgan fingerprint density at radius 2 is 1.93 bits per heavy atom. The molecular formula is C21H27N3O3. The van der Waals surface area contributed by atoms with E-state index in [2.05, 4.69) is 5.10 Å². The number of Topliss-reactive ketones (excluding diaryl/α,β-unsaturated/α-hetero) is 1. The number of ketones is 1. The zero-order valence-corrected chi connectivity index (χ0v) is 16.5. The molecule has 27 heavy (non-hydrogen) atoms. The van der Waals surface area contributed by atoms with E-state index in [4.69, 9.17) is 4.74 Å². The molecule has 1 amide bonds. The first-order valence-electron chi connectivity index (χ1n) is 9.36. The molecule has 6 nitrogen and oxygen atoms in total. The molecule has 2 heterocycles. The molecule has 3 rings (SSSR count). The van der Waals surface area contributed by atoms with Crippen molar-refractivity contribution in [3.63, 3.8) is 0 Å². The normalized spacial score (nSPS) is 17.0. The molecule has 1 aliphatic rings. The van der Waals surface area contributed by atoms with Crippen LogP contribution in [0.3, 0.4) is 0 Å². The predicted molar refractivity (Wildman–Crippen MR) is 103 cm³/mol. The van der Waals surface area contributed by atoms with Crippen LogP contribution in [0.2, 0.25) is 0 Å². The van der Waals surface area contributed by atoms with Gasteiger partial charge in [0.2, 0.25) is 5.91 Å². The number of rotatable bonds is 5. The maximum absolute atomic E-state index is 13.0. The van der Waals surface area contributed by atoms with Gasteiger partial charge >= 0.3 is 0 Å². The maximum Gasteiger partial charge on any atom is 0.244 e. The number of nitrogens with zero attached hydrogens (tertiary/aromatic N) is 3. The molecule has 0 aliphatic carbocycles. The molecule has 1 saturated heterocycles. The van der Waals surface area contributed by atoms with Crippen LogP contribution in [0.25, 0.3) is 0 Å². The van der Waals surface area contributed by atoms with Gasteiger partial charge in [-0.2, -0.15) is 5.10 Å². The van der Waals surface area contributed by atoms with Gasteiger partial charge in [0, 0.05) is 30.8 Å². The largest absolute Gasteiger partial charge is 0.496 e. The molecule has 6 heteroatoms. The fraction of sp³-hybridized carbons (Fsp3) is 0.476. The number of likely N-dealkylation sites (tertiary alicyclic amines) is 1. The first-order chi connectivity index (χ1) is 12.9. The van der Waals surface area contributed by atoms with Crippen LogP contribution in [-0.2, 0) is 11.3 Å². The SMILES string of the molecule is COc1c(C)cc(C(=O)[C@H]2CCCN(C(=O)Cn3ccc(C)n3)C2)cc1C. The van der Waals surface area contributed by atoms with Crippen molar-refractivity contribution in [1.82, 2.24) is 14.7 Å². The van der Waals surface area contributed by atoms with Crippen LogP contribution in [-0.4, -0.2) is 46.6 Å². The van der Waals surface area contributed by atoms with Crippen molar-refractivity contribution < 1.29 is 14.3 Å². The van der Waals surface area contributed by atoms with Gasteiger partial charge in [-0.25, -0.2) is 0 Å². The quantitative estimate of drug-likeness (QED) is 0.760. The van der Waals surface area contributed by atoms with Crippen molar-refractivity contribution >= 4 is 11.7 Å². The Balaban J connectivity index is 1.70. The van der Waals surface area contributed by atoms with Crippen molar-refractivity contribution in [2.75, 3.05) is 20.2 Å².